The zero-order valence-corrected chi connectivity index (χ0v) is 14.0. The molecule has 0 amide bonds. The molecule has 6 heteroatoms. The fourth-order valence-corrected chi connectivity index (χ4v) is 3.21. The first-order valence-corrected chi connectivity index (χ1v) is 8.93. The molecule has 0 saturated heterocycles. The molecule has 112 valence electrons. The van der Waals surface area contributed by atoms with Crippen LogP contribution in [0.1, 0.15) is 17.2 Å². The van der Waals surface area contributed by atoms with Crippen molar-refractivity contribution in [3.8, 4) is 0 Å². The van der Waals surface area contributed by atoms with Crippen LogP contribution in [0.4, 0.5) is 4.39 Å². The summed E-state index contributed by atoms with van der Waals surface area (Å²) < 4.78 is 37.0. The molecule has 3 nitrogen and oxygen atoms in total. The summed E-state index contributed by atoms with van der Waals surface area (Å²) in [5, 5.41) is 3.12. The van der Waals surface area contributed by atoms with E-state index in [0.29, 0.717) is 4.47 Å². The van der Waals surface area contributed by atoms with Gasteiger partial charge in [0.25, 0.3) is 0 Å². The third kappa shape index (κ3) is 3.70. The third-order valence-corrected chi connectivity index (χ3v) is 4.90. The molecule has 2 rings (SSSR count). The van der Waals surface area contributed by atoms with E-state index < -0.39 is 9.84 Å². The standard InChI is InChI=1S/C15H15BrFNO2S/c1-18-15(11-6-7-14(17)13(16)9-11)10-4-3-5-12(8-10)21(2,19)20/h3-9,15,18H,1-2H3. The van der Waals surface area contributed by atoms with Crippen molar-refractivity contribution >= 4 is 25.8 Å². The number of sulfone groups is 1. The minimum Gasteiger partial charge on any atom is -0.309 e. The highest BCUT2D eigenvalue weighted by Gasteiger charge is 2.16. The van der Waals surface area contributed by atoms with Crippen LogP contribution in [0, 0.1) is 5.82 Å². The van der Waals surface area contributed by atoms with Crippen molar-refractivity contribution in [2.45, 2.75) is 10.9 Å². The Morgan fingerprint density at radius 1 is 1.14 bits per heavy atom. The van der Waals surface area contributed by atoms with E-state index in [-0.39, 0.29) is 16.8 Å². The summed E-state index contributed by atoms with van der Waals surface area (Å²) in [7, 11) is -1.49. The van der Waals surface area contributed by atoms with Crippen LogP contribution >= 0.6 is 15.9 Å². The monoisotopic (exact) mass is 371 g/mol. The van der Waals surface area contributed by atoms with Crippen molar-refractivity contribution in [1.29, 1.82) is 0 Å². The van der Waals surface area contributed by atoms with E-state index in [1.165, 1.54) is 12.3 Å². The molecule has 0 aliphatic carbocycles. The number of hydrogen-bond acceptors (Lipinski definition) is 3. The molecule has 0 aliphatic heterocycles. The van der Waals surface area contributed by atoms with Gasteiger partial charge in [0.05, 0.1) is 15.4 Å². The zero-order chi connectivity index (χ0) is 15.6. The van der Waals surface area contributed by atoms with Crippen molar-refractivity contribution in [2.75, 3.05) is 13.3 Å². The van der Waals surface area contributed by atoms with Crippen LogP contribution in [-0.4, -0.2) is 21.7 Å². The molecule has 2 aromatic rings. The number of nitrogens with one attached hydrogen (secondary N) is 1. The number of halogens is 2. The summed E-state index contributed by atoms with van der Waals surface area (Å²) in [5.74, 6) is -0.335. The predicted octanol–water partition coefficient (Wildman–Crippen LogP) is 3.30. The van der Waals surface area contributed by atoms with Gasteiger partial charge >= 0.3 is 0 Å². The second kappa shape index (κ2) is 6.25. The Balaban J connectivity index is 2.49. The van der Waals surface area contributed by atoms with Crippen molar-refractivity contribution in [3.05, 3.63) is 63.9 Å². The van der Waals surface area contributed by atoms with Gasteiger partial charge in [0.15, 0.2) is 9.84 Å². The van der Waals surface area contributed by atoms with E-state index >= 15 is 0 Å². The lowest BCUT2D eigenvalue weighted by Gasteiger charge is -2.18. The number of benzene rings is 2. The smallest absolute Gasteiger partial charge is 0.175 e. The Bertz CT molecular complexity index is 762. The minimum atomic E-state index is -3.26. The van der Waals surface area contributed by atoms with Gasteiger partial charge in [-0.05, 0) is 58.4 Å². The first-order chi connectivity index (χ1) is 9.82. The molecule has 1 atom stereocenters. The molecule has 0 fully saturated rings. The summed E-state index contributed by atoms with van der Waals surface area (Å²) in [5.41, 5.74) is 1.65. The van der Waals surface area contributed by atoms with Crippen LogP contribution in [0.3, 0.4) is 0 Å². The maximum Gasteiger partial charge on any atom is 0.175 e. The fourth-order valence-electron chi connectivity index (χ4n) is 2.14. The quantitative estimate of drug-likeness (QED) is 0.896. The molecule has 2 aromatic carbocycles. The summed E-state index contributed by atoms with van der Waals surface area (Å²) in [6.45, 7) is 0. The van der Waals surface area contributed by atoms with Crippen LogP contribution in [0.2, 0.25) is 0 Å². The Morgan fingerprint density at radius 3 is 2.38 bits per heavy atom. The Hall–Kier alpha value is -1.24. The maximum absolute atomic E-state index is 13.3. The van der Waals surface area contributed by atoms with Crippen molar-refractivity contribution in [1.82, 2.24) is 5.32 Å². The molecular weight excluding hydrogens is 357 g/mol. The molecule has 0 heterocycles. The lowest BCUT2D eigenvalue weighted by atomic mass is 9.99. The topological polar surface area (TPSA) is 46.2 Å². The van der Waals surface area contributed by atoms with Gasteiger partial charge in [-0.15, -0.1) is 0 Å². The SMILES string of the molecule is CNC(c1cccc(S(C)(=O)=O)c1)c1ccc(F)c(Br)c1. The first kappa shape index (κ1) is 16.1. The molecule has 21 heavy (non-hydrogen) atoms. The van der Waals surface area contributed by atoms with Crippen molar-refractivity contribution in [3.63, 3.8) is 0 Å². The van der Waals surface area contributed by atoms with Gasteiger partial charge in [-0.3, -0.25) is 0 Å². The fraction of sp³-hybridized carbons (Fsp3) is 0.200. The Morgan fingerprint density at radius 2 is 1.81 bits per heavy atom. The van der Waals surface area contributed by atoms with Crippen LogP contribution < -0.4 is 5.32 Å². The lowest BCUT2D eigenvalue weighted by Crippen LogP contribution is -2.18. The van der Waals surface area contributed by atoms with E-state index in [0.717, 1.165) is 11.1 Å². The van der Waals surface area contributed by atoms with Gasteiger partial charge in [-0.25, -0.2) is 12.8 Å². The van der Waals surface area contributed by atoms with Gasteiger partial charge in [0, 0.05) is 6.26 Å². The molecule has 1 N–H and O–H groups in total. The molecule has 0 radical (unpaired) electrons. The molecule has 0 aliphatic rings. The highest BCUT2D eigenvalue weighted by atomic mass is 79.9. The normalized spacial score (nSPS) is 13.1. The van der Waals surface area contributed by atoms with Crippen LogP contribution in [0.5, 0.6) is 0 Å². The lowest BCUT2D eigenvalue weighted by molar-refractivity contribution is 0.601. The van der Waals surface area contributed by atoms with Crippen molar-refractivity contribution in [2.24, 2.45) is 0 Å². The van der Waals surface area contributed by atoms with Crippen LogP contribution in [0.25, 0.3) is 0 Å². The second-order valence-corrected chi connectivity index (χ2v) is 7.61. The van der Waals surface area contributed by atoms with Crippen LogP contribution in [0.15, 0.2) is 51.8 Å². The summed E-state index contributed by atoms with van der Waals surface area (Å²) >= 11 is 3.16. The second-order valence-electron chi connectivity index (χ2n) is 4.74. The Kier molecular flexibility index (Phi) is 4.81. The van der Waals surface area contributed by atoms with Gasteiger partial charge in [-0.1, -0.05) is 18.2 Å². The average Bonchev–Trinajstić information content (AvgIpc) is 2.43. The third-order valence-electron chi connectivity index (χ3n) is 3.19. The van der Waals surface area contributed by atoms with Gasteiger partial charge in [-0.2, -0.15) is 0 Å². The van der Waals surface area contributed by atoms with Gasteiger partial charge < -0.3 is 5.32 Å². The summed E-state index contributed by atoms with van der Waals surface area (Å²) in [4.78, 5) is 0.265. The summed E-state index contributed by atoms with van der Waals surface area (Å²) in [6.07, 6.45) is 1.18. The van der Waals surface area contributed by atoms with E-state index in [4.69, 9.17) is 0 Å². The molecule has 0 spiro atoms. The number of rotatable bonds is 4. The first-order valence-electron chi connectivity index (χ1n) is 6.25. The van der Waals surface area contributed by atoms with E-state index in [9.17, 15) is 12.8 Å². The maximum atomic E-state index is 13.3. The Labute approximate surface area is 132 Å². The van der Waals surface area contributed by atoms with E-state index in [1.54, 1.807) is 37.4 Å². The minimum absolute atomic E-state index is 0.219. The largest absolute Gasteiger partial charge is 0.309 e. The molecular formula is C15H15BrFNO2S. The molecule has 0 bridgehead atoms. The van der Waals surface area contributed by atoms with Gasteiger partial charge in [0.1, 0.15) is 5.82 Å². The van der Waals surface area contributed by atoms with Crippen molar-refractivity contribution < 1.29 is 12.8 Å². The summed E-state index contributed by atoms with van der Waals surface area (Å²) in [6, 6.07) is 11.3. The average molecular weight is 372 g/mol. The zero-order valence-electron chi connectivity index (χ0n) is 11.6. The van der Waals surface area contributed by atoms with Crippen LogP contribution in [-0.2, 0) is 9.84 Å². The van der Waals surface area contributed by atoms with E-state index in [1.807, 2.05) is 6.07 Å². The van der Waals surface area contributed by atoms with Gasteiger partial charge in [0.2, 0.25) is 0 Å². The predicted molar refractivity (Wildman–Crippen MR) is 84.6 cm³/mol. The highest BCUT2D eigenvalue weighted by molar-refractivity contribution is 9.10. The highest BCUT2D eigenvalue weighted by Crippen LogP contribution is 2.27. The number of hydrogen-bond donors (Lipinski definition) is 1. The molecule has 0 aromatic heterocycles. The molecule has 1 unspecified atom stereocenters. The van der Waals surface area contributed by atoms with E-state index in [2.05, 4.69) is 21.2 Å². The molecule has 0 saturated carbocycles.